The largest absolute Gasteiger partial charge is 0.325 e. The first-order valence-electron chi connectivity index (χ1n) is 4.83. The van der Waals surface area contributed by atoms with Crippen LogP contribution in [0.15, 0.2) is 0 Å². The third-order valence-corrected chi connectivity index (χ3v) is 3.32. The molecule has 72 valence electrons. The highest BCUT2D eigenvalue weighted by Crippen LogP contribution is 2.35. The van der Waals surface area contributed by atoms with Crippen LogP contribution in [0.2, 0.25) is 0 Å². The van der Waals surface area contributed by atoms with Crippen LogP contribution >= 0.6 is 0 Å². The predicted octanol–water partition coefficient (Wildman–Crippen LogP) is 1.23. The molecule has 1 heterocycles. The standard InChI is InChI=1S/C9H15N3O/c1-6-4-2-3-5-9(6)7(10)11-8(13)12-9/h6H,2-5H2,1H3,(H3,10,11,12,13). The molecular formula is C9H15N3O. The number of nitrogens with one attached hydrogen (secondary N) is 3. The van der Waals surface area contributed by atoms with Crippen LogP contribution in [0.5, 0.6) is 0 Å². The highest BCUT2D eigenvalue weighted by atomic mass is 16.2. The predicted molar refractivity (Wildman–Crippen MR) is 49.8 cm³/mol. The number of amides is 2. The topological polar surface area (TPSA) is 65.0 Å². The zero-order valence-electron chi connectivity index (χ0n) is 7.81. The van der Waals surface area contributed by atoms with Gasteiger partial charge in [-0.05, 0) is 18.8 Å². The second kappa shape index (κ2) is 2.72. The number of hydrogen-bond acceptors (Lipinski definition) is 2. The van der Waals surface area contributed by atoms with Gasteiger partial charge in [-0.15, -0.1) is 0 Å². The molecule has 0 aromatic heterocycles. The van der Waals surface area contributed by atoms with E-state index in [1.807, 2.05) is 0 Å². The number of carbonyl (C=O) groups is 1. The zero-order valence-corrected chi connectivity index (χ0v) is 7.81. The SMILES string of the molecule is CC1CCCCC12NC(=O)NC2=N. The van der Waals surface area contributed by atoms with Gasteiger partial charge in [-0.1, -0.05) is 19.8 Å². The minimum atomic E-state index is -0.366. The van der Waals surface area contributed by atoms with Gasteiger partial charge in [0.15, 0.2) is 0 Å². The van der Waals surface area contributed by atoms with Crippen LogP contribution in [0.3, 0.4) is 0 Å². The lowest BCUT2D eigenvalue weighted by Crippen LogP contribution is -2.53. The third-order valence-electron chi connectivity index (χ3n) is 3.32. The molecule has 1 aliphatic heterocycles. The van der Waals surface area contributed by atoms with E-state index in [1.165, 1.54) is 6.42 Å². The van der Waals surface area contributed by atoms with Crippen molar-refractivity contribution in [3.8, 4) is 0 Å². The average molecular weight is 181 g/mol. The molecule has 2 rings (SSSR count). The molecule has 2 atom stereocenters. The highest BCUT2D eigenvalue weighted by Gasteiger charge is 2.48. The van der Waals surface area contributed by atoms with Crippen LogP contribution in [0.25, 0.3) is 0 Å². The van der Waals surface area contributed by atoms with E-state index in [1.54, 1.807) is 0 Å². The van der Waals surface area contributed by atoms with Crippen molar-refractivity contribution in [1.82, 2.24) is 10.6 Å². The Kier molecular flexibility index (Phi) is 1.78. The lowest BCUT2D eigenvalue weighted by Gasteiger charge is -2.37. The fourth-order valence-corrected chi connectivity index (χ4v) is 2.43. The Hall–Kier alpha value is -1.06. The minimum Gasteiger partial charge on any atom is -0.325 e. The van der Waals surface area contributed by atoms with E-state index in [-0.39, 0.29) is 11.6 Å². The fraction of sp³-hybridized carbons (Fsp3) is 0.778. The summed E-state index contributed by atoms with van der Waals surface area (Å²) in [6, 6.07) is -0.209. The molecule has 0 aromatic rings. The van der Waals surface area contributed by atoms with E-state index in [9.17, 15) is 4.79 Å². The summed E-state index contributed by atoms with van der Waals surface area (Å²) in [4.78, 5) is 11.1. The van der Waals surface area contributed by atoms with Gasteiger partial charge in [0.05, 0.1) is 0 Å². The summed E-state index contributed by atoms with van der Waals surface area (Å²) < 4.78 is 0. The second-order valence-corrected chi connectivity index (χ2v) is 4.07. The van der Waals surface area contributed by atoms with Crippen molar-refractivity contribution in [2.24, 2.45) is 5.92 Å². The van der Waals surface area contributed by atoms with Crippen LogP contribution < -0.4 is 10.6 Å². The molecule has 0 aromatic carbocycles. The Balaban J connectivity index is 2.26. The third kappa shape index (κ3) is 1.12. The molecule has 0 radical (unpaired) electrons. The summed E-state index contributed by atoms with van der Waals surface area (Å²) in [6.07, 6.45) is 4.33. The fourth-order valence-electron chi connectivity index (χ4n) is 2.43. The molecule has 2 amide bonds. The van der Waals surface area contributed by atoms with Crippen LogP contribution in [-0.4, -0.2) is 17.4 Å². The van der Waals surface area contributed by atoms with Crippen LogP contribution in [0.1, 0.15) is 32.6 Å². The average Bonchev–Trinajstić information content (AvgIpc) is 2.35. The summed E-state index contributed by atoms with van der Waals surface area (Å²) >= 11 is 0. The van der Waals surface area contributed by atoms with Gasteiger partial charge in [0.25, 0.3) is 0 Å². The van der Waals surface area contributed by atoms with E-state index in [0.29, 0.717) is 11.8 Å². The second-order valence-electron chi connectivity index (χ2n) is 4.07. The molecule has 1 saturated carbocycles. The molecule has 4 heteroatoms. The Bertz CT molecular complexity index is 264. The summed E-state index contributed by atoms with van der Waals surface area (Å²) in [6.45, 7) is 2.11. The molecule has 1 saturated heterocycles. The normalized spacial score (nSPS) is 39.0. The van der Waals surface area contributed by atoms with Crippen molar-refractivity contribution >= 4 is 11.9 Å². The van der Waals surface area contributed by atoms with Crippen molar-refractivity contribution < 1.29 is 4.79 Å². The Labute approximate surface area is 77.6 Å². The van der Waals surface area contributed by atoms with Gasteiger partial charge in [0.2, 0.25) is 0 Å². The highest BCUT2D eigenvalue weighted by molar-refractivity contribution is 6.08. The zero-order chi connectivity index (χ0) is 9.47. The first-order chi connectivity index (χ1) is 6.15. The molecule has 1 spiro atoms. The lowest BCUT2D eigenvalue weighted by molar-refractivity contribution is 0.219. The maximum atomic E-state index is 11.1. The molecule has 4 nitrogen and oxygen atoms in total. The summed E-state index contributed by atoms with van der Waals surface area (Å²) in [5, 5.41) is 13.2. The van der Waals surface area contributed by atoms with E-state index in [4.69, 9.17) is 5.41 Å². The molecular weight excluding hydrogens is 166 g/mol. The lowest BCUT2D eigenvalue weighted by atomic mass is 9.73. The Morgan fingerprint density at radius 3 is 2.85 bits per heavy atom. The van der Waals surface area contributed by atoms with Gasteiger partial charge in [-0.3, -0.25) is 10.7 Å². The molecule has 13 heavy (non-hydrogen) atoms. The number of amidine groups is 1. The quantitative estimate of drug-likeness (QED) is 0.517. The summed E-state index contributed by atoms with van der Waals surface area (Å²) in [7, 11) is 0. The van der Waals surface area contributed by atoms with Gasteiger partial charge in [0, 0.05) is 0 Å². The molecule has 0 bridgehead atoms. The van der Waals surface area contributed by atoms with Gasteiger partial charge in [0.1, 0.15) is 11.4 Å². The van der Waals surface area contributed by atoms with E-state index < -0.39 is 0 Å². The maximum absolute atomic E-state index is 11.1. The molecule has 1 aliphatic carbocycles. The molecule has 2 aliphatic rings. The molecule has 2 unspecified atom stereocenters. The summed E-state index contributed by atoms with van der Waals surface area (Å²) in [5.41, 5.74) is -0.366. The van der Waals surface area contributed by atoms with Crippen molar-refractivity contribution in [1.29, 1.82) is 5.41 Å². The Morgan fingerprint density at radius 1 is 1.54 bits per heavy atom. The van der Waals surface area contributed by atoms with Crippen LogP contribution in [0.4, 0.5) is 4.79 Å². The first-order valence-corrected chi connectivity index (χ1v) is 4.83. The number of urea groups is 1. The van der Waals surface area contributed by atoms with E-state index in [0.717, 1.165) is 19.3 Å². The van der Waals surface area contributed by atoms with Gasteiger partial charge in [-0.25, -0.2) is 4.79 Å². The van der Waals surface area contributed by atoms with Crippen molar-refractivity contribution in [3.63, 3.8) is 0 Å². The number of rotatable bonds is 0. The van der Waals surface area contributed by atoms with E-state index >= 15 is 0 Å². The van der Waals surface area contributed by atoms with Crippen molar-refractivity contribution in [2.45, 2.75) is 38.1 Å². The number of hydrogen-bond donors (Lipinski definition) is 3. The maximum Gasteiger partial charge on any atom is 0.321 e. The van der Waals surface area contributed by atoms with Gasteiger partial charge >= 0.3 is 6.03 Å². The van der Waals surface area contributed by atoms with Crippen molar-refractivity contribution in [3.05, 3.63) is 0 Å². The van der Waals surface area contributed by atoms with Gasteiger partial charge in [-0.2, -0.15) is 0 Å². The smallest absolute Gasteiger partial charge is 0.321 e. The van der Waals surface area contributed by atoms with Gasteiger partial charge < -0.3 is 5.32 Å². The van der Waals surface area contributed by atoms with Crippen molar-refractivity contribution in [2.75, 3.05) is 0 Å². The van der Waals surface area contributed by atoms with Crippen LogP contribution in [-0.2, 0) is 0 Å². The monoisotopic (exact) mass is 181 g/mol. The minimum absolute atomic E-state index is 0.209. The summed E-state index contributed by atoms with van der Waals surface area (Å²) in [5.74, 6) is 0.748. The number of carbonyl (C=O) groups excluding carboxylic acids is 1. The van der Waals surface area contributed by atoms with Crippen LogP contribution in [0, 0.1) is 11.3 Å². The Morgan fingerprint density at radius 2 is 2.31 bits per heavy atom. The first kappa shape index (κ1) is 8.53. The van der Waals surface area contributed by atoms with E-state index in [2.05, 4.69) is 17.6 Å². The molecule has 3 N–H and O–H groups in total. The molecule has 2 fully saturated rings.